The van der Waals surface area contributed by atoms with Crippen molar-refractivity contribution in [2.24, 2.45) is 0 Å². The molecule has 1 saturated heterocycles. The zero-order valence-corrected chi connectivity index (χ0v) is 15.3. The molecule has 1 aromatic carbocycles. The van der Waals surface area contributed by atoms with Gasteiger partial charge in [-0.2, -0.15) is 0 Å². The number of hydrogen-bond acceptors (Lipinski definition) is 5. The Labute approximate surface area is 157 Å². The number of carbonyl (C=O) groups is 2. The van der Waals surface area contributed by atoms with Crippen molar-refractivity contribution in [3.63, 3.8) is 0 Å². The van der Waals surface area contributed by atoms with E-state index in [1.807, 2.05) is 18.2 Å². The molecular formula is C19H21ClN2O4. The number of furan rings is 1. The van der Waals surface area contributed by atoms with Crippen LogP contribution in [0.15, 0.2) is 34.7 Å². The first-order valence-electron chi connectivity index (χ1n) is 8.64. The molecule has 0 aliphatic carbocycles. The predicted octanol–water partition coefficient (Wildman–Crippen LogP) is 4.45. The first-order chi connectivity index (χ1) is 12.6. The topological polar surface area (TPSA) is 71.8 Å². The summed E-state index contributed by atoms with van der Waals surface area (Å²) in [5, 5.41) is 4.10. The monoisotopic (exact) mass is 376 g/mol. The predicted molar refractivity (Wildman–Crippen MR) is 99.8 cm³/mol. The molecule has 3 rings (SSSR count). The zero-order chi connectivity index (χ0) is 18.5. The Morgan fingerprint density at radius 1 is 1.35 bits per heavy atom. The molecule has 1 amide bonds. The molecule has 138 valence electrons. The largest absolute Gasteiger partial charge is 0.453 e. The number of amides is 1. The van der Waals surface area contributed by atoms with Crippen molar-refractivity contribution < 1.29 is 18.7 Å². The molecule has 1 fully saturated rings. The minimum Gasteiger partial charge on any atom is -0.453 e. The molecule has 2 aromatic rings. The smallest absolute Gasteiger partial charge is 0.409 e. The van der Waals surface area contributed by atoms with Gasteiger partial charge in [0, 0.05) is 35.4 Å². The van der Waals surface area contributed by atoms with Crippen LogP contribution in [0, 0.1) is 0 Å². The molecule has 0 bridgehead atoms. The third-order valence-electron chi connectivity index (χ3n) is 4.37. The number of benzene rings is 1. The van der Waals surface area contributed by atoms with Gasteiger partial charge in [-0.15, -0.1) is 0 Å². The van der Waals surface area contributed by atoms with Gasteiger partial charge in [-0.25, -0.2) is 4.79 Å². The van der Waals surface area contributed by atoms with Crippen molar-refractivity contribution in [3.8, 4) is 11.3 Å². The minimum atomic E-state index is -0.255. The second-order valence-electron chi connectivity index (χ2n) is 6.11. The van der Waals surface area contributed by atoms with E-state index in [1.54, 1.807) is 24.0 Å². The Balaban J connectivity index is 1.71. The molecule has 1 aliphatic heterocycles. The van der Waals surface area contributed by atoms with Crippen LogP contribution in [0.2, 0.25) is 5.02 Å². The summed E-state index contributed by atoms with van der Waals surface area (Å²) in [7, 11) is 0. The Morgan fingerprint density at radius 2 is 2.12 bits per heavy atom. The highest BCUT2D eigenvalue weighted by atomic mass is 35.5. The summed E-state index contributed by atoms with van der Waals surface area (Å²) in [6, 6.07) is 9.13. The van der Waals surface area contributed by atoms with Crippen molar-refractivity contribution >= 4 is 29.7 Å². The number of piperidine rings is 1. The lowest BCUT2D eigenvalue weighted by molar-refractivity contribution is 0.0983. The lowest BCUT2D eigenvalue weighted by Gasteiger charge is -2.32. The van der Waals surface area contributed by atoms with Gasteiger partial charge in [-0.05, 0) is 50.1 Å². The highest BCUT2D eigenvalue weighted by Gasteiger charge is 2.24. The van der Waals surface area contributed by atoms with E-state index in [1.165, 1.54) is 0 Å². The van der Waals surface area contributed by atoms with E-state index in [0.717, 1.165) is 24.1 Å². The maximum Gasteiger partial charge on any atom is 0.409 e. The Bertz CT molecular complexity index is 782. The minimum absolute atomic E-state index is 0.223. The molecule has 0 atom stereocenters. The number of ether oxygens (including phenoxy) is 1. The van der Waals surface area contributed by atoms with Crippen LogP contribution < -0.4 is 5.32 Å². The first kappa shape index (κ1) is 18.3. The Morgan fingerprint density at radius 3 is 2.77 bits per heavy atom. The van der Waals surface area contributed by atoms with Gasteiger partial charge in [-0.3, -0.25) is 4.79 Å². The van der Waals surface area contributed by atoms with Crippen LogP contribution >= 0.6 is 11.6 Å². The molecule has 26 heavy (non-hydrogen) atoms. The quantitative estimate of drug-likeness (QED) is 0.781. The lowest BCUT2D eigenvalue weighted by atomic mass is 10.0. The number of anilines is 1. The molecule has 2 heterocycles. The number of halogens is 1. The van der Waals surface area contributed by atoms with Gasteiger partial charge < -0.3 is 19.4 Å². The van der Waals surface area contributed by atoms with E-state index in [9.17, 15) is 9.59 Å². The summed E-state index contributed by atoms with van der Waals surface area (Å²) in [6.45, 7) is 3.49. The van der Waals surface area contributed by atoms with Crippen molar-refractivity contribution in [2.45, 2.75) is 25.8 Å². The molecule has 1 N–H and O–H groups in total. The first-order valence-corrected chi connectivity index (χ1v) is 9.01. The number of nitrogens with one attached hydrogen (secondary N) is 1. The van der Waals surface area contributed by atoms with Crippen molar-refractivity contribution in [1.29, 1.82) is 0 Å². The summed E-state index contributed by atoms with van der Waals surface area (Å²) in [6.07, 6.45) is 2.05. The number of aldehydes is 1. The fraction of sp³-hybridized carbons (Fsp3) is 0.368. The third kappa shape index (κ3) is 4.19. The SMILES string of the molecule is CCOC(=O)N1CCC(Nc2ccc(Cl)cc2-c2ccc(C=O)o2)CC1. The van der Waals surface area contributed by atoms with E-state index >= 15 is 0 Å². The van der Waals surface area contributed by atoms with E-state index < -0.39 is 0 Å². The van der Waals surface area contributed by atoms with E-state index in [4.69, 9.17) is 20.8 Å². The summed E-state index contributed by atoms with van der Waals surface area (Å²) in [5.74, 6) is 0.856. The zero-order valence-electron chi connectivity index (χ0n) is 14.5. The number of nitrogens with zero attached hydrogens (tertiary/aromatic N) is 1. The lowest BCUT2D eigenvalue weighted by Crippen LogP contribution is -2.42. The summed E-state index contributed by atoms with van der Waals surface area (Å²) < 4.78 is 10.6. The maximum absolute atomic E-state index is 11.8. The molecule has 0 radical (unpaired) electrons. The fourth-order valence-electron chi connectivity index (χ4n) is 3.05. The van der Waals surface area contributed by atoms with Crippen LogP contribution in [0.3, 0.4) is 0 Å². The van der Waals surface area contributed by atoms with Gasteiger partial charge in [0.05, 0.1) is 6.61 Å². The van der Waals surface area contributed by atoms with Crippen LogP contribution in [0.5, 0.6) is 0 Å². The van der Waals surface area contributed by atoms with E-state index in [2.05, 4.69) is 5.32 Å². The van der Waals surface area contributed by atoms with Crippen LogP contribution in [-0.4, -0.2) is 43.0 Å². The Kier molecular flexibility index (Phi) is 5.83. The van der Waals surface area contributed by atoms with Crippen molar-refractivity contribution in [2.75, 3.05) is 25.0 Å². The van der Waals surface area contributed by atoms with Gasteiger partial charge in [0.1, 0.15) is 5.76 Å². The summed E-state index contributed by atoms with van der Waals surface area (Å²) >= 11 is 6.14. The average molecular weight is 377 g/mol. The van der Waals surface area contributed by atoms with Crippen LogP contribution in [0.1, 0.15) is 30.3 Å². The number of carbonyl (C=O) groups excluding carboxylic acids is 2. The number of rotatable bonds is 5. The highest BCUT2D eigenvalue weighted by Crippen LogP contribution is 2.33. The Hall–Kier alpha value is -2.47. The fourth-order valence-corrected chi connectivity index (χ4v) is 3.22. The number of hydrogen-bond donors (Lipinski definition) is 1. The van der Waals surface area contributed by atoms with Gasteiger partial charge in [0.2, 0.25) is 0 Å². The molecule has 6 nitrogen and oxygen atoms in total. The summed E-state index contributed by atoms with van der Waals surface area (Å²) in [5.41, 5.74) is 1.69. The van der Waals surface area contributed by atoms with Gasteiger partial charge in [0.25, 0.3) is 0 Å². The molecule has 1 aliphatic rings. The standard InChI is InChI=1S/C19H21ClN2O4/c1-2-25-19(24)22-9-7-14(8-10-22)21-17-5-3-13(20)11-16(17)18-6-4-15(12-23)26-18/h3-6,11-12,14,21H,2,7-10H2,1H3. The van der Waals surface area contributed by atoms with Gasteiger partial charge in [-0.1, -0.05) is 11.6 Å². The normalized spacial score (nSPS) is 14.9. The maximum atomic E-state index is 11.8. The molecule has 0 unspecified atom stereocenters. The van der Waals surface area contributed by atoms with E-state index in [0.29, 0.717) is 36.8 Å². The second kappa shape index (κ2) is 8.27. The number of likely N-dealkylation sites (tertiary alicyclic amines) is 1. The molecule has 7 heteroatoms. The van der Waals surface area contributed by atoms with Crippen LogP contribution in [0.25, 0.3) is 11.3 Å². The summed E-state index contributed by atoms with van der Waals surface area (Å²) in [4.78, 5) is 24.4. The molecule has 0 saturated carbocycles. The van der Waals surface area contributed by atoms with Gasteiger partial charge in [0.15, 0.2) is 12.0 Å². The third-order valence-corrected chi connectivity index (χ3v) is 4.61. The van der Waals surface area contributed by atoms with E-state index in [-0.39, 0.29) is 17.9 Å². The van der Waals surface area contributed by atoms with Crippen molar-refractivity contribution in [3.05, 3.63) is 41.1 Å². The molecule has 0 spiro atoms. The molecule has 1 aromatic heterocycles. The highest BCUT2D eigenvalue weighted by molar-refractivity contribution is 6.31. The van der Waals surface area contributed by atoms with Crippen LogP contribution in [-0.2, 0) is 4.74 Å². The second-order valence-corrected chi connectivity index (χ2v) is 6.55. The van der Waals surface area contributed by atoms with Gasteiger partial charge >= 0.3 is 6.09 Å². The van der Waals surface area contributed by atoms with Crippen molar-refractivity contribution in [1.82, 2.24) is 4.90 Å². The molecular weight excluding hydrogens is 356 g/mol. The average Bonchev–Trinajstić information content (AvgIpc) is 3.13. The van der Waals surface area contributed by atoms with Crippen LogP contribution in [0.4, 0.5) is 10.5 Å².